The highest BCUT2D eigenvalue weighted by molar-refractivity contribution is 5.79. The molecule has 1 heterocycles. The smallest absolute Gasteiger partial charge is 0.344 e. The molecular weight excluding hydrogens is 160 g/mol. The highest BCUT2D eigenvalue weighted by atomic mass is 16.6. The van der Waals surface area contributed by atoms with E-state index >= 15 is 0 Å². The van der Waals surface area contributed by atoms with Gasteiger partial charge in [-0.15, -0.1) is 0 Å². The normalized spacial score (nSPS) is 30.5. The second kappa shape index (κ2) is 3.13. The van der Waals surface area contributed by atoms with Gasteiger partial charge in [0.2, 0.25) is 0 Å². The Morgan fingerprint density at radius 2 is 2.08 bits per heavy atom. The van der Waals surface area contributed by atoms with Crippen LogP contribution < -0.4 is 0 Å². The van der Waals surface area contributed by atoms with Gasteiger partial charge in [-0.05, 0) is 13.3 Å². The minimum Gasteiger partial charge on any atom is -0.456 e. The minimum atomic E-state index is -0.676. The van der Waals surface area contributed by atoms with Crippen molar-refractivity contribution in [2.24, 2.45) is 0 Å². The Hall–Kier alpha value is -1.06. The van der Waals surface area contributed by atoms with E-state index in [1.807, 2.05) is 6.92 Å². The monoisotopic (exact) mass is 172 g/mol. The average molecular weight is 172 g/mol. The van der Waals surface area contributed by atoms with E-state index in [-0.39, 0.29) is 19.0 Å². The minimum absolute atomic E-state index is 0.148. The summed E-state index contributed by atoms with van der Waals surface area (Å²) in [6.45, 7) is 3.35. The molecule has 0 aliphatic carbocycles. The van der Waals surface area contributed by atoms with Crippen LogP contribution in [-0.2, 0) is 19.1 Å². The Morgan fingerprint density at radius 1 is 1.42 bits per heavy atom. The predicted octanol–water partition coefficient (Wildman–Crippen LogP) is 0.645. The molecule has 1 unspecified atom stereocenters. The van der Waals surface area contributed by atoms with Gasteiger partial charge >= 0.3 is 11.9 Å². The summed E-state index contributed by atoms with van der Waals surface area (Å²) in [5, 5.41) is 0. The topological polar surface area (TPSA) is 52.6 Å². The number of cyclic esters (lactones) is 2. The number of carbonyl (C=O) groups is 2. The summed E-state index contributed by atoms with van der Waals surface area (Å²) in [7, 11) is 0. The largest absolute Gasteiger partial charge is 0.456 e. The van der Waals surface area contributed by atoms with Crippen LogP contribution in [0.3, 0.4) is 0 Å². The van der Waals surface area contributed by atoms with Gasteiger partial charge in [0.1, 0.15) is 5.60 Å². The summed E-state index contributed by atoms with van der Waals surface area (Å²) in [5.41, 5.74) is -0.676. The Bertz CT molecular complexity index is 191. The molecule has 1 fully saturated rings. The van der Waals surface area contributed by atoms with Crippen LogP contribution in [-0.4, -0.2) is 24.1 Å². The molecule has 0 aromatic rings. The quantitative estimate of drug-likeness (QED) is 0.545. The highest BCUT2D eigenvalue weighted by Gasteiger charge is 2.33. The van der Waals surface area contributed by atoms with Gasteiger partial charge in [-0.3, -0.25) is 4.79 Å². The van der Waals surface area contributed by atoms with Gasteiger partial charge in [-0.2, -0.15) is 0 Å². The van der Waals surface area contributed by atoms with E-state index in [1.165, 1.54) is 0 Å². The van der Waals surface area contributed by atoms with Crippen molar-refractivity contribution in [3.05, 3.63) is 0 Å². The van der Waals surface area contributed by atoms with E-state index < -0.39 is 11.6 Å². The van der Waals surface area contributed by atoms with E-state index in [0.717, 1.165) is 0 Å². The maximum Gasteiger partial charge on any atom is 0.344 e. The first-order valence-electron chi connectivity index (χ1n) is 3.93. The molecular formula is C8H12O4. The van der Waals surface area contributed by atoms with Gasteiger partial charge in [-0.25, -0.2) is 4.79 Å². The van der Waals surface area contributed by atoms with E-state index in [2.05, 4.69) is 4.74 Å². The lowest BCUT2D eigenvalue weighted by Gasteiger charge is -2.23. The van der Waals surface area contributed by atoms with Crippen LogP contribution in [0.1, 0.15) is 26.7 Å². The zero-order valence-corrected chi connectivity index (χ0v) is 7.25. The van der Waals surface area contributed by atoms with Crippen LogP contribution in [0.25, 0.3) is 0 Å². The van der Waals surface area contributed by atoms with E-state index in [4.69, 9.17) is 4.74 Å². The fourth-order valence-corrected chi connectivity index (χ4v) is 1.03. The van der Waals surface area contributed by atoms with Crippen LogP contribution in [0.2, 0.25) is 0 Å². The van der Waals surface area contributed by atoms with Crippen LogP contribution in [0.5, 0.6) is 0 Å². The molecule has 12 heavy (non-hydrogen) atoms. The zero-order chi connectivity index (χ0) is 9.19. The second-order valence-corrected chi connectivity index (χ2v) is 3.11. The molecule has 0 amide bonds. The maximum atomic E-state index is 10.9. The molecule has 0 saturated carbocycles. The number of hydrogen-bond acceptors (Lipinski definition) is 4. The maximum absolute atomic E-state index is 10.9. The second-order valence-electron chi connectivity index (χ2n) is 3.11. The van der Waals surface area contributed by atoms with E-state index in [1.54, 1.807) is 6.92 Å². The molecule has 1 saturated heterocycles. The van der Waals surface area contributed by atoms with E-state index in [0.29, 0.717) is 6.42 Å². The molecule has 4 nitrogen and oxygen atoms in total. The summed E-state index contributed by atoms with van der Waals surface area (Å²) in [6.07, 6.45) is 0.767. The molecule has 0 spiro atoms. The van der Waals surface area contributed by atoms with Gasteiger partial charge < -0.3 is 9.47 Å². The number of esters is 2. The Morgan fingerprint density at radius 3 is 2.67 bits per heavy atom. The average Bonchev–Trinajstić information content (AvgIpc) is 2.11. The van der Waals surface area contributed by atoms with Crippen molar-refractivity contribution in [1.82, 2.24) is 0 Å². The number of rotatable bonds is 1. The van der Waals surface area contributed by atoms with Crippen molar-refractivity contribution in [2.75, 3.05) is 6.61 Å². The first-order chi connectivity index (χ1) is 5.56. The third-order valence-electron chi connectivity index (χ3n) is 1.98. The Labute approximate surface area is 70.8 Å². The lowest BCUT2D eigenvalue weighted by molar-refractivity contribution is -0.158. The van der Waals surface area contributed by atoms with Gasteiger partial charge in [0.05, 0.1) is 6.42 Å². The number of hydrogen-bond donors (Lipinski definition) is 0. The van der Waals surface area contributed by atoms with Gasteiger partial charge in [0.15, 0.2) is 6.61 Å². The van der Waals surface area contributed by atoms with Crippen molar-refractivity contribution in [1.29, 1.82) is 0 Å². The van der Waals surface area contributed by atoms with E-state index in [9.17, 15) is 9.59 Å². The molecule has 0 N–H and O–H groups in total. The van der Waals surface area contributed by atoms with Crippen molar-refractivity contribution >= 4 is 11.9 Å². The third kappa shape index (κ3) is 1.96. The van der Waals surface area contributed by atoms with Crippen molar-refractivity contribution in [3.63, 3.8) is 0 Å². The van der Waals surface area contributed by atoms with Gasteiger partial charge in [-0.1, -0.05) is 6.92 Å². The molecule has 1 atom stereocenters. The van der Waals surface area contributed by atoms with Crippen LogP contribution in [0.4, 0.5) is 0 Å². The standard InChI is InChI=1S/C8H12O4/c1-3-8(2)4-6(9)11-5-7(10)12-8/h3-5H2,1-2H3. The number of carbonyl (C=O) groups excluding carboxylic acids is 2. The van der Waals surface area contributed by atoms with Gasteiger partial charge in [0, 0.05) is 0 Å². The summed E-state index contributed by atoms with van der Waals surface area (Å²) in [6, 6.07) is 0. The van der Waals surface area contributed by atoms with Crippen molar-refractivity contribution < 1.29 is 19.1 Å². The fraction of sp³-hybridized carbons (Fsp3) is 0.750. The lowest BCUT2D eigenvalue weighted by Crippen LogP contribution is -2.31. The van der Waals surface area contributed by atoms with Crippen LogP contribution in [0.15, 0.2) is 0 Å². The Balaban J connectivity index is 2.74. The molecule has 0 aromatic heterocycles. The van der Waals surface area contributed by atoms with Gasteiger partial charge in [0.25, 0.3) is 0 Å². The molecule has 1 rings (SSSR count). The zero-order valence-electron chi connectivity index (χ0n) is 7.25. The highest BCUT2D eigenvalue weighted by Crippen LogP contribution is 2.22. The molecule has 0 radical (unpaired) electrons. The molecule has 1 aliphatic rings. The predicted molar refractivity (Wildman–Crippen MR) is 40.4 cm³/mol. The number of ether oxygens (including phenoxy) is 2. The SMILES string of the molecule is CCC1(C)CC(=O)OCC(=O)O1. The summed E-state index contributed by atoms with van der Waals surface area (Å²) in [4.78, 5) is 21.9. The van der Waals surface area contributed by atoms with Crippen LogP contribution >= 0.6 is 0 Å². The summed E-state index contributed by atoms with van der Waals surface area (Å²) >= 11 is 0. The van der Waals surface area contributed by atoms with Crippen molar-refractivity contribution in [3.8, 4) is 0 Å². The summed E-state index contributed by atoms with van der Waals surface area (Å²) in [5.74, 6) is -0.838. The molecule has 1 aliphatic heterocycles. The lowest BCUT2D eigenvalue weighted by atomic mass is 9.99. The molecule has 68 valence electrons. The third-order valence-corrected chi connectivity index (χ3v) is 1.98. The summed E-state index contributed by atoms with van der Waals surface area (Å²) < 4.78 is 9.63. The first kappa shape index (κ1) is 9.03. The van der Waals surface area contributed by atoms with Crippen LogP contribution in [0, 0.1) is 0 Å². The molecule has 0 aromatic carbocycles. The fourth-order valence-electron chi connectivity index (χ4n) is 1.03. The van der Waals surface area contributed by atoms with Crippen molar-refractivity contribution in [2.45, 2.75) is 32.3 Å². The molecule has 4 heteroatoms. The molecule has 0 bridgehead atoms. The first-order valence-corrected chi connectivity index (χ1v) is 3.93. The Kier molecular flexibility index (Phi) is 2.35.